The Labute approximate surface area is 192 Å². The van der Waals surface area contributed by atoms with Gasteiger partial charge in [0.15, 0.2) is 5.13 Å². The Balaban J connectivity index is 1.54. The van der Waals surface area contributed by atoms with Crippen molar-refractivity contribution in [1.29, 1.82) is 0 Å². The van der Waals surface area contributed by atoms with Crippen LogP contribution in [0.3, 0.4) is 0 Å². The maximum absolute atomic E-state index is 12.8. The van der Waals surface area contributed by atoms with Crippen LogP contribution in [0.4, 0.5) is 11.1 Å². The highest BCUT2D eigenvalue weighted by molar-refractivity contribution is 7.92. The molecule has 1 N–H and O–H groups in total. The fraction of sp³-hybridized carbons (Fsp3) is 0.100. The summed E-state index contributed by atoms with van der Waals surface area (Å²) < 4.78 is 32.0. The zero-order valence-electron chi connectivity index (χ0n) is 16.8. The third kappa shape index (κ3) is 4.35. The number of thiazole rings is 1. The molecule has 4 aromatic rings. The fourth-order valence-corrected chi connectivity index (χ4v) is 4.62. The minimum absolute atomic E-state index is 0.0103. The number of pyridine rings is 1. The number of nitrogens with zero attached hydrogens (tertiary/aromatic N) is 4. The summed E-state index contributed by atoms with van der Waals surface area (Å²) in [7, 11) is -2.67. The van der Waals surface area contributed by atoms with E-state index in [2.05, 4.69) is 20.3 Å². The van der Waals surface area contributed by atoms with E-state index in [9.17, 15) is 13.2 Å². The summed E-state index contributed by atoms with van der Waals surface area (Å²) in [5.41, 5.74) is 1.53. The third-order valence-corrected chi connectivity index (χ3v) is 7.14. The number of oxazole rings is 1. The first-order valence-corrected chi connectivity index (χ1v) is 11.9. The average molecular weight is 490 g/mol. The Hall–Kier alpha value is -3.28. The quantitative estimate of drug-likeness (QED) is 0.430. The molecule has 0 aliphatic heterocycles. The lowest BCUT2D eigenvalue weighted by Gasteiger charge is -2.15. The van der Waals surface area contributed by atoms with Crippen LogP contribution in [0.15, 0.2) is 63.4 Å². The van der Waals surface area contributed by atoms with Crippen LogP contribution < -0.4 is 9.62 Å². The Bertz CT molecular complexity index is 1370. The molecule has 4 rings (SSSR count). The van der Waals surface area contributed by atoms with Gasteiger partial charge >= 0.3 is 6.01 Å². The van der Waals surface area contributed by atoms with Crippen LogP contribution in [0.5, 0.6) is 0 Å². The zero-order chi connectivity index (χ0) is 22.9. The minimum Gasteiger partial charge on any atom is -0.417 e. The van der Waals surface area contributed by atoms with Gasteiger partial charge in [-0.1, -0.05) is 17.7 Å². The van der Waals surface area contributed by atoms with Crippen LogP contribution in [0, 0.1) is 6.92 Å². The first kappa shape index (κ1) is 21.9. The van der Waals surface area contributed by atoms with Crippen molar-refractivity contribution in [2.24, 2.45) is 0 Å². The smallest absolute Gasteiger partial charge is 0.312 e. The Morgan fingerprint density at radius 3 is 2.56 bits per heavy atom. The van der Waals surface area contributed by atoms with Crippen LogP contribution in [-0.2, 0) is 10.0 Å². The summed E-state index contributed by atoms with van der Waals surface area (Å²) in [5.74, 6) is -0.715. The Kier molecular flexibility index (Phi) is 5.96. The molecule has 0 unspecified atom stereocenters. The van der Waals surface area contributed by atoms with Gasteiger partial charge < -0.3 is 4.42 Å². The molecule has 12 heteroatoms. The molecular formula is C20H16ClN5O4S2. The molecule has 1 amide bonds. The number of anilines is 2. The van der Waals surface area contributed by atoms with E-state index >= 15 is 0 Å². The molecule has 32 heavy (non-hydrogen) atoms. The second kappa shape index (κ2) is 8.69. The molecule has 1 aromatic carbocycles. The molecule has 164 valence electrons. The summed E-state index contributed by atoms with van der Waals surface area (Å²) >= 11 is 7.06. The molecule has 0 fully saturated rings. The number of carbonyl (C=O) groups excluding carboxylic acids is 1. The topological polar surface area (TPSA) is 118 Å². The number of halogens is 1. The number of hydrogen-bond acceptors (Lipinski definition) is 8. The van der Waals surface area contributed by atoms with Gasteiger partial charge in [-0.25, -0.2) is 17.7 Å². The molecule has 3 aromatic heterocycles. The van der Waals surface area contributed by atoms with E-state index in [1.165, 1.54) is 42.6 Å². The molecule has 0 aliphatic carbocycles. The number of aromatic nitrogens is 3. The van der Waals surface area contributed by atoms with Gasteiger partial charge in [0.05, 0.1) is 16.3 Å². The van der Waals surface area contributed by atoms with Crippen LogP contribution >= 0.6 is 22.9 Å². The standard InChI is InChI=1S/C20H16ClN5O4S2/c1-12-17(18(27)25-19-24-16(11-31-19)15-5-3-4-10-22-15)30-20(23-12)26(2)32(28,29)14-8-6-13(21)7-9-14/h3-11H,1-2H3,(H,24,25,27). The predicted octanol–water partition coefficient (Wildman–Crippen LogP) is 4.23. The first-order chi connectivity index (χ1) is 15.3. The summed E-state index contributed by atoms with van der Waals surface area (Å²) in [6, 6.07) is 10.9. The van der Waals surface area contributed by atoms with Crippen LogP contribution in [0.1, 0.15) is 16.2 Å². The van der Waals surface area contributed by atoms with Crippen molar-refractivity contribution in [3.05, 3.63) is 70.5 Å². The van der Waals surface area contributed by atoms with Crippen molar-refractivity contribution in [1.82, 2.24) is 15.0 Å². The van der Waals surface area contributed by atoms with Crippen LogP contribution in [-0.4, -0.2) is 36.3 Å². The largest absolute Gasteiger partial charge is 0.417 e. The molecular weight excluding hydrogens is 474 g/mol. The van der Waals surface area contributed by atoms with E-state index in [4.69, 9.17) is 16.0 Å². The predicted molar refractivity (Wildman–Crippen MR) is 122 cm³/mol. The Morgan fingerprint density at radius 2 is 1.88 bits per heavy atom. The second-order valence-electron chi connectivity index (χ2n) is 6.54. The van der Waals surface area contributed by atoms with Gasteiger partial charge in [0.1, 0.15) is 5.69 Å². The summed E-state index contributed by atoms with van der Waals surface area (Å²) in [5, 5.41) is 5.16. The lowest BCUT2D eigenvalue weighted by atomic mass is 10.3. The minimum atomic E-state index is -3.95. The number of benzene rings is 1. The maximum atomic E-state index is 12.8. The lowest BCUT2D eigenvalue weighted by molar-refractivity contribution is 0.0996. The summed E-state index contributed by atoms with van der Waals surface area (Å²) in [6.45, 7) is 1.55. The van der Waals surface area contributed by atoms with E-state index < -0.39 is 15.9 Å². The second-order valence-corrected chi connectivity index (χ2v) is 9.81. The van der Waals surface area contributed by atoms with Crippen molar-refractivity contribution in [3.63, 3.8) is 0 Å². The highest BCUT2D eigenvalue weighted by Crippen LogP contribution is 2.27. The Morgan fingerprint density at radius 1 is 1.12 bits per heavy atom. The highest BCUT2D eigenvalue weighted by atomic mass is 35.5. The number of sulfonamides is 1. The van der Waals surface area contributed by atoms with E-state index in [1.54, 1.807) is 24.6 Å². The molecule has 0 radical (unpaired) electrons. The van der Waals surface area contributed by atoms with E-state index in [-0.39, 0.29) is 22.4 Å². The van der Waals surface area contributed by atoms with Gasteiger partial charge in [0.25, 0.3) is 15.9 Å². The molecule has 0 saturated heterocycles. The molecule has 0 spiro atoms. The van der Waals surface area contributed by atoms with Crippen LogP contribution in [0.25, 0.3) is 11.4 Å². The van der Waals surface area contributed by atoms with Crippen molar-refractivity contribution in [2.45, 2.75) is 11.8 Å². The molecule has 0 saturated carbocycles. The summed E-state index contributed by atoms with van der Waals surface area (Å²) in [6.07, 6.45) is 1.65. The molecule has 0 bridgehead atoms. The summed E-state index contributed by atoms with van der Waals surface area (Å²) in [4.78, 5) is 25.4. The van der Waals surface area contributed by atoms with E-state index in [1.807, 2.05) is 12.1 Å². The molecule has 0 atom stereocenters. The number of aryl methyl sites for hydroxylation is 1. The third-order valence-electron chi connectivity index (χ3n) is 4.38. The maximum Gasteiger partial charge on any atom is 0.312 e. The van der Waals surface area contributed by atoms with Crippen LogP contribution in [0.2, 0.25) is 5.02 Å². The van der Waals surface area contributed by atoms with Gasteiger partial charge in [-0.3, -0.25) is 15.1 Å². The fourth-order valence-electron chi connectivity index (χ4n) is 2.71. The first-order valence-electron chi connectivity index (χ1n) is 9.16. The number of amides is 1. The van der Waals surface area contributed by atoms with Gasteiger partial charge in [-0.15, -0.1) is 11.3 Å². The van der Waals surface area contributed by atoms with Crippen molar-refractivity contribution < 1.29 is 17.6 Å². The lowest BCUT2D eigenvalue weighted by Crippen LogP contribution is -2.26. The number of carbonyl (C=O) groups is 1. The van der Waals surface area contributed by atoms with Crippen molar-refractivity contribution in [3.8, 4) is 11.4 Å². The van der Waals surface area contributed by atoms with Gasteiger partial charge in [0.2, 0.25) is 5.76 Å². The number of nitrogens with one attached hydrogen (secondary N) is 1. The van der Waals surface area contributed by atoms with Gasteiger partial charge in [-0.05, 0) is 43.3 Å². The van der Waals surface area contributed by atoms with Gasteiger partial charge in [-0.2, -0.15) is 4.98 Å². The van der Waals surface area contributed by atoms with E-state index in [0.29, 0.717) is 21.5 Å². The zero-order valence-corrected chi connectivity index (χ0v) is 19.2. The molecule has 3 heterocycles. The number of rotatable bonds is 6. The average Bonchev–Trinajstić information content (AvgIpc) is 3.41. The SMILES string of the molecule is Cc1nc(N(C)S(=O)(=O)c2ccc(Cl)cc2)oc1C(=O)Nc1nc(-c2ccccn2)cs1. The van der Waals surface area contributed by atoms with Gasteiger partial charge in [0, 0.05) is 23.6 Å². The van der Waals surface area contributed by atoms with Crippen molar-refractivity contribution >= 4 is 50.0 Å². The van der Waals surface area contributed by atoms with Crippen molar-refractivity contribution in [2.75, 3.05) is 16.7 Å². The molecule has 9 nitrogen and oxygen atoms in total. The monoisotopic (exact) mass is 489 g/mol. The number of hydrogen-bond donors (Lipinski definition) is 1. The normalized spacial score (nSPS) is 11.3. The molecule has 0 aliphatic rings. The highest BCUT2D eigenvalue weighted by Gasteiger charge is 2.28. The van der Waals surface area contributed by atoms with E-state index in [0.717, 1.165) is 4.31 Å².